The van der Waals surface area contributed by atoms with Crippen LogP contribution in [0.1, 0.15) is 17.0 Å². The number of nitrogens with two attached hydrogens (primary N) is 1. The van der Waals surface area contributed by atoms with Gasteiger partial charge in [-0.05, 0) is 25.1 Å². The van der Waals surface area contributed by atoms with Crippen molar-refractivity contribution in [2.24, 2.45) is 5.73 Å². The van der Waals surface area contributed by atoms with Gasteiger partial charge in [-0.15, -0.1) is 0 Å². The van der Waals surface area contributed by atoms with Crippen molar-refractivity contribution in [2.75, 3.05) is 0 Å². The predicted molar refractivity (Wildman–Crippen MR) is 85.3 cm³/mol. The lowest BCUT2D eigenvalue weighted by Gasteiger charge is -2.10. The molecule has 0 aliphatic carbocycles. The van der Waals surface area contributed by atoms with Crippen LogP contribution in [0.4, 0.5) is 0 Å². The molecule has 0 atom stereocenters. The van der Waals surface area contributed by atoms with E-state index in [9.17, 15) is 8.42 Å². The minimum atomic E-state index is -3.70. The number of aryl methyl sites for hydroxylation is 1. The molecule has 2 rings (SSSR count). The van der Waals surface area contributed by atoms with Crippen molar-refractivity contribution in [3.63, 3.8) is 0 Å². The van der Waals surface area contributed by atoms with Gasteiger partial charge in [-0.1, -0.05) is 36.5 Å². The second kappa shape index (κ2) is 6.30. The van der Waals surface area contributed by atoms with Crippen molar-refractivity contribution >= 4 is 27.2 Å². The number of pyridine rings is 1. The van der Waals surface area contributed by atoms with E-state index in [1.54, 1.807) is 24.3 Å². The van der Waals surface area contributed by atoms with E-state index in [1.165, 1.54) is 6.07 Å². The highest BCUT2D eigenvalue weighted by Gasteiger charge is 2.19. The SMILES string of the molecule is Cc1cccc(CNS(=O)(=O)c2ccccc2C(N)=S)n1. The first kappa shape index (κ1) is 15.6. The van der Waals surface area contributed by atoms with E-state index in [4.69, 9.17) is 18.0 Å². The molecule has 0 radical (unpaired) electrons. The largest absolute Gasteiger partial charge is 0.389 e. The molecule has 0 amide bonds. The molecule has 0 spiro atoms. The fraction of sp³-hybridized carbons (Fsp3) is 0.143. The fourth-order valence-corrected chi connectivity index (χ4v) is 3.31. The molecule has 7 heteroatoms. The number of nitrogens with one attached hydrogen (secondary N) is 1. The second-order valence-corrected chi connectivity index (χ2v) is 6.63. The quantitative estimate of drug-likeness (QED) is 0.815. The van der Waals surface area contributed by atoms with Crippen molar-refractivity contribution in [3.05, 3.63) is 59.4 Å². The molecular weight excluding hydrogens is 306 g/mol. The van der Waals surface area contributed by atoms with E-state index < -0.39 is 10.0 Å². The lowest BCUT2D eigenvalue weighted by atomic mass is 10.2. The first-order valence-corrected chi connectivity index (χ1v) is 8.10. The Morgan fingerprint density at radius 1 is 1.24 bits per heavy atom. The summed E-state index contributed by atoms with van der Waals surface area (Å²) in [5.41, 5.74) is 7.37. The summed E-state index contributed by atoms with van der Waals surface area (Å²) in [4.78, 5) is 4.37. The van der Waals surface area contributed by atoms with Crippen LogP contribution in [0.25, 0.3) is 0 Å². The van der Waals surface area contributed by atoms with Crippen LogP contribution >= 0.6 is 12.2 Å². The van der Waals surface area contributed by atoms with Crippen LogP contribution in [0.3, 0.4) is 0 Å². The van der Waals surface area contributed by atoms with Crippen LogP contribution < -0.4 is 10.5 Å². The molecule has 1 aromatic heterocycles. The molecule has 0 bridgehead atoms. The van der Waals surface area contributed by atoms with Gasteiger partial charge in [0.15, 0.2) is 0 Å². The van der Waals surface area contributed by atoms with Crippen LogP contribution in [0.15, 0.2) is 47.4 Å². The van der Waals surface area contributed by atoms with E-state index in [2.05, 4.69) is 9.71 Å². The third-order valence-electron chi connectivity index (χ3n) is 2.83. The normalized spacial score (nSPS) is 11.3. The second-order valence-electron chi connectivity index (χ2n) is 4.46. The van der Waals surface area contributed by atoms with E-state index in [-0.39, 0.29) is 16.4 Å². The van der Waals surface area contributed by atoms with Crippen molar-refractivity contribution in [1.82, 2.24) is 9.71 Å². The van der Waals surface area contributed by atoms with Crippen molar-refractivity contribution in [2.45, 2.75) is 18.4 Å². The molecule has 1 heterocycles. The van der Waals surface area contributed by atoms with Crippen molar-refractivity contribution < 1.29 is 8.42 Å². The monoisotopic (exact) mass is 321 g/mol. The van der Waals surface area contributed by atoms with Gasteiger partial charge >= 0.3 is 0 Å². The van der Waals surface area contributed by atoms with Crippen molar-refractivity contribution in [3.8, 4) is 0 Å². The summed E-state index contributed by atoms with van der Waals surface area (Å²) in [7, 11) is -3.70. The molecule has 21 heavy (non-hydrogen) atoms. The van der Waals surface area contributed by atoms with Crippen LogP contribution in [0.5, 0.6) is 0 Å². The highest BCUT2D eigenvalue weighted by atomic mass is 32.2. The molecule has 0 saturated carbocycles. The number of thiocarbonyl (C=S) groups is 1. The molecule has 0 unspecified atom stereocenters. The number of aromatic nitrogens is 1. The maximum absolute atomic E-state index is 12.4. The van der Waals surface area contributed by atoms with E-state index in [0.29, 0.717) is 11.3 Å². The topological polar surface area (TPSA) is 85.1 Å². The summed E-state index contributed by atoms with van der Waals surface area (Å²) in [6.07, 6.45) is 0. The van der Waals surface area contributed by atoms with Gasteiger partial charge in [0.25, 0.3) is 0 Å². The lowest BCUT2D eigenvalue weighted by Crippen LogP contribution is -2.26. The third-order valence-corrected chi connectivity index (χ3v) is 4.51. The molecule has 0 aliphatic rings. The fourth-order valence-electron chi connectivity index (χ4n) is 1.85. The summed E-state index contributed by atoms with van der Waals surface area (Å²) in [5, 5.41) is 0. The summed E-state index contributed by atoms with van der Waals surface area (Å²) in [6.45, 7) is 1.95. The number of rotatable bonds is 5. The van der Waals surface area contributed by atoms with Crippen LogP contribution in [-0.2, 0) is 16.6 Å². The number of hydrogen-bond donors (Lipinski definition) is 2. The van der Waals surface area contributed by atoms with Crippen molar-refractivity contribution in [1.29, 1.82) is 0 Å². The van der Waals surface area contributed by atoms with Gasteiger partial charge in [-0.2, -0.15) is 0 Å². The van der Waals surface area contributed by atoms with Gasteiger partial charge in [-0.3, -0.25) is 4.98 Å². The molecule has 3 N–H and O–H groups in total. The average Bonchev–Trinajstić information content (AvgIpc) is 2.45. The molecule has 110 valence electrons. The van der Waals surface area contributed by atoms with Crippen LogP contribution in [0.2, 0.25) is 0 Å². The Bertz CT molecular complexity index is 773. The Hall–Kier alpha value is -1.83. The van der Waals surface area contributed by atoms with E-state index in [1.807, 2.05) is 19.1 Å². The number of nitrogens with zero attached hydrogens (tertiary/aromatic N) is 1. The predicted octanol–water partition coefficient (Wildman–Crippen LogP) is 1.50. The maximum Gasteiger partial charge on any atom is 0.241 e. The first-order valence-electron chi connectivity index (χ1n) is 6.21. The number of sulfonamides is 1. The smallest absolute Gasteiger partial charge is 0.241 e. The number of hydrogen-bond acceptors (Lipinski definition) is 4. The van der Waals surface area contributed by atoms with Gasteiger partial charge in [0.1, 0.15) is 4.99 Å². The highest BCUT2D eigenvalue weighted by Crippen LogP contribution is 2.15. The Labute approximate surface area is 129 Å². The zero-order valence-corrected chi connectivity index (χ0v) is 13.0. The van der Waals surface area contributed by atoms with Crippen LogP contribution in [0, 0.1) is 6.92 Å². The van der Waals surface area contributed by atoms with Gasteiger partial charge in [0.05, 0.1) is 17.1 Å². The molecular formula is C14H15N3O2S2. The Kier molecular flexibility index (Phi) is 4.66. The Morgan fingerprint density at radius 2 is 1.95 bits per heavy atom. The van der Waals surface area contributed by atoms with Gasteiger partial charge in [0.2, 0.25) is 10.0 Å². The van der Waals surface area contributed by atoms with Crippen LogP contribution in [-0.4, -0.2) is 18.4 Å². The molecule has 2 aromatic rings. The number of benzene rings is 1. The summed E-state index contributed by atoms with van der Waals surface area (Å²) in [6, 6.07) is 11.8. The van der Waals surface area contributed by atoms with Gasteiger partial charge in [-0.25, -0.2) is 13.1 Å². The molecule has 0 aliphatic heterocycles. The standard InChI is InChI=1S/C14H15N3O2S2/c1-10-5-4-6-11(17-10)9-16-21(18,19)13-8-3-2-7-12(13)14(15)20/h2-8,16H,9H2,1H3,(H2,15,20). The minimum Gasteiger partial charge on any atom is -0.389 e. The average molecular weight is 321 g/mol. The molecule has 1 aromatic carbocycles. The lowest BCUT2D eigenvalue weighted by molar-refractivity contribution is 0.580. The summed E-state index contributed by atoms with van der Waals surface area (Å²) < 4.78 is 27.2. The van der Waals surface area contributed by atoms with E-state index in [0.717, 1.165) is 5.69 Å². The zero-order valence-electron chi connectivity index (χ0n) is 11.4. The summed E-state index contributed by atoms with van der Waals surface area (Å²) >= 11 is 4.89. The minimum absolute atomic E-state index is 0.0460. The first-order chi connectivity index (χ1) is 9.90. The summed E-state index contributed by atoms with van der Waals surface area (Å²) in [5.74, 6) is 0. The maximum atomic E-state index is 12.4. The third kappa shape index (κ3) is 3.84. The van der Waals surface area contributed by atoms with Gasteiger partial charge in [0, 0.05) is 11.3 Å². The Morgan fingerprint density at radius 3 is 2.62 bits per heavy atom. The molecule has 5 nitrogen and oxygen atoms in total. The molecule has 0 saturated heterocycles. The van der Waals surface area contributed by atoms with E-state index >= 15 is 0 Å². The Balaban J connectivity index is 2.25. The zero-order chi connectivity index (χ0) is 15.5. The molecule has 0 fully saturated rings. The van der Waals surface area contributed by atoms with Gasteiger partial charge < -0.3 is 5.73 Å². The highest BCUT2D eigenvalue weighted by molar-refractivity contribution is 7.89.